The molecule has 6 atom stereocenters. The lowest BCUT2D eigenvalue weighted by Gasteiger charge is -2.37. The third kappa shape index (κ3) is 2.64. The fraction of sp³-hybridized carbons (Fsp3) is 0.318. The van der Waals surface area contributed by atoms with Crippen molar-refractivity contribution < 1.29 is 18.9 Å². The molecule has 2 saturated carbocycles. The van der Waals surface area contributed by atoms with Crippen molar-refractivity contribution in [3.63, 3.8) is 0 Å². The van der Waals surface area contributed by atoms with Crippen LogP contribution in [0.25, 0.3) is 11.3 Å². The second-order valence-electron chi connectivity index (χ2n) is 8.51. The van der Waals surface area contributed by atoms with Gasteiger partial charge in [-0.15, -0.1) is 0 Å². The lowest BCUT2D eigenvalue weighted by Crippen LogP contribution is -2.40. The summed E-state index contributed by atoms with van der Waals surface area (Å²) in [5, 5.41) is 16.5. The van der Waals surface area contributed by atoms with E-state index in [1.807, 2.05) is 0 Å². The second-order valence-corrected chi connectivity index (χ2v) is 8.92. The number of amides is 2. The molecule has 1 saturated heterocycles. The van der Waals surface area contributed by atoms with E-state index >= 15 is 0 Å². The van der Waals surface area contributed by atoms with Gasteiger partial charge in [0.1, 0.15) is 11.5 Å². The molecule has 1 aromatic heterocycles. The number of carbonyl (C=O) groups is 2. The minimum Gasteiger partial charge on any atom is -0.455 e. The van der Waals surface area contributed by atoms with Gasteiger partial charge in [0.2, 0.25) is 0 Å². The quantitative estimate of drug-likeness (QED) is 0.237. The summed E-state index contributed by atoms with van der Waals surface area (Å²) >= 11 is 6.16. The predicted octanol–water partition coefficient (Wildman–Crippen LogP) is 3.90. The monoisotopic (exact) mass is 437 g/mol. The largest absolute Gasteiger partial charge is 0.455 e. The van der Waals surface area contributed by atoms with Gasteiger partial charge in [0.05, 0.1) is 28.0 Å². The van der Waals surface area contributed by atoms with Gasteiger partial charge in [-0.05, 0) is 48.3 Å². The normalized spacial score (nSPS) is 32.6. The van der Waals surface area contributed by atoms with Crippen molar-refractivity contribution in [1.82, 2.24) is 5.01 Å². The molecule has 156 valence electrons. The summed E-state index contributed by atoms with van der Waals surface area (Å²) in [6.07, 6.45) is 6.65. The number of nitro benzene ring substituents is 1. The van der Waals surface area contributed by atoms with Crippen LogP contribution in [-0.2, 0) is 9.59 Å². The van der Waals surface area contributed by atoms with E-state index in [2.05, 4.69) is 17.3 Å². The van der Waals surface area contributed by atoms with Gasteiger partial charge >= 0.3 is 0 Å². The Labute approximate surface area is 181 Å². The van der Waals surface area contributed by atoms with Gasteiger partial charge in [-0.1, -0.05) is 23.8 Å². The Morgan fingerprint density at radius 2 is 1.77 bits per heavy atom. The number of allylic oxidation sites excluding steroid dienone is 2. The van der Waals surface area contributed by atoms with Crippen LogP contribution in [-0.4, -0.2) is 28.0 Å². The number of halogens is 1. The average Bonchev–Trinajstić information content (AvgIpc) is 3.40. The van der Waals surface area contributed by atoms with Crippen LogP contribution < -0.4 is 0 Å². The molecule has 2 heterocycles. The van der Waals surface area contributed by atoms with Gasteiger partial charge in [-0.2, -0.15) is 10.1 Å². The van der Waals surface area contributed by atoms with Gasteiger partial charge < -0.3 is 4.42 Å². The highest BCUT2D eigenvalue weighted by atomic mass is 35.5. The van der Waals surface area contributed by atoms with E-state index in [1.54, 1.807) is 12.1 Å². The Balaban J connectivity index is 1.25. The van der Waals surface area contributed by atoms with Gasteiger partial charge in [0.25, 0.3) is 17.5 Å². The van der Waals surface area contributed by atoms with Crippen molar-refractivity contribution in [2.24, 2.45) is 40.6 Å². The fourth-order valence-corrected chi connectivity index (χ4v) is 5.76. The zero-order chi connectivity index (χ0) is 21.4. The third-order valence-electron chi connectivity index (χ3n) is 6.99. The van der Waals surface area contributed by atoms with Crippen molar-refractivity contribution in [1.29, 1.82) is 0 Å². The van der Waals surface area contributed by atoms with E-state index in [4.69, 9.17) is 16.0 Å². The molecule has 31 heavy (non-hydrogen) atoms. The Kier molecular flexibility index (Phi) is 3.80. The van der Waals surface area contributed by atoms with Crippen molar-refractivity contribution in [3.8, 4) is 11.3 Å². The van der Waals surface area contributed by atoms with Crippen molar-refractivity contribution in [3.05, 3.63) is 63.4 Å². The molecule has 2 amide bonds. The lowest BCUT2D eigenvalue weighted by molar-refractivity contribution is -0.384. The predicted molar refractivity (Wildman–Crippen MR) is 110 cm³/mol. The number of imide groups is 1. The van der Waals surface area contributed by atoms with Crippen LogP contribution in [0.15, 0.2) is 52.0 Å². The fourth-order valence-electron chi connectivity index (χ4n) is 5.55. The van der Waals surface area contributed by atoms with E-state index in [0.717, 1.165) is 11.4 Å². The summed E-state index contributed by atoms with van der Waals surface area (Å²) in [5.74, 6) is 0.869. The smallest absolute Gasteiger partial charge is 0.270 e. The Morgan fingerprint density at radius 3 is 2.42 bits per heavy atom. The van der Waals surface area contributed by atoms with Gasteiger partial charge in [0.15, 0.2) is 0 Å². The standard InChI is InChI=1S/C22H16ClN3O5/c23-17-5-1-10(26(29)30)7-16(17)18-6-2-11(31-18)9-24-25-21(27)19-12-3-4-13(15-8-14(12)15)20(19)22(25)28/h1-7,9,12-15,19-20H,8H2/b24-9-/t12-,13-,14-,15+,19+,20+/m1/s1. The van der Waals surface area contributed by atoms with Crippen molar-refractivity contribution in [2.75, 3.05) is 0 Å². The molecule has 4 aliphatic carbocycles. The van der Waals surface area contributed by atoms with E-state index in [9.17, 15) is 19.7 Å². The summed E-state index contributed by atoms with van der Waals surface area (Å²) in [6.45, 7) is 0. The molecule has 9 heteroatoms. The van der Waals surface area contributed by atoms with Crippen LogP contribution in [0.3, 0.4) is 0 Å². The van der Waals surface area contributed by atoms with Crippen molar-refractivity contribution >= 4 is 35.3 Å². The first-order valence-corrected chi connectivity index (χ1v) is 10.5. The van der Waals surface area contributed by atoms with Crippen molar-refractivity contribution in [2.45, 2.75) is 6.42 Å². The number of carbonyl (C=O) groups excluding carboxylic acids is 2. The highest BCUT2D eigenvalue weighted by Gasteiger charge is 2.67. The molecule has 0 spiro atoms. The lowest BCUT2D eigenvalue weighted by atomic mass is 9.63. The number of furan rings is 1. The third-order valence-corrected chi connectivity index (χ3v) is 7.32. The minimum absolute atomic E-state index is 0.108. The van der Waals surface area contributed by atoms with E-state index < -0.39 is 4.92 Å². The van der Waals surface area contributed by atoms with Gasteiger partial charge in [0, 0.05) is 17.7 Å². The van der Waals surface area contributed by atoms with Crippen LogP contribution >= 0.6 is 11.6 Å². The molecule has 5 aliphatic rings. The number of hydrogen-bond donors (Lipinski definition) is 0. The highest BCUT2D eigenvalue weighted by Crippen LogP contribution is 2.65. The maximum absolute atomic E-state index is 12.9. The number of rotatable bonds is 4. The second kappa shape index (κ2) is 6.37. The van der Waals surface area contributed by atoms with E-state index in [-0.39, 0.29) is 41.2 Å². The number of non-ortho nitro benzene ring substituents is 1. The number of benzene rings is 1. The summed E-state index contributed by atoms with van der Waals surface area (Å²) < 4.78 is 5.69. The first kappa shape index (κ1) is 18.5. The van der Waals surface area contributed by atoms with E-state index in [1.165, 1.54) is 24.4 Å². The summed E-state index contributed by atoms with van der Waals surface area (Å²) in [4.78, 5) is 36.4. The maximum atomic E-state index is 12.9. The molecule has 8 nitrogen and oxygen atoms in total. The minimum atomic E-state index is -0.513. The summed E-state index contributed by atoms with van der Waals surface area (Å²) in [5.41, 5.74) is 0.264. The topological polar surface area (TPSA) is 106 Å². The van der Waals surface area contributed by atoms with Crippen LogP contribution in [0.4, 0.5) is 5.69 Å². The summed E-state index contributed by atoms with van der Waals surface area (Å²) in [7, 11) is 0. The molecule has 7 rings (SSSR count). The molecule has 0 radical (unpaired) electrons. The van der Waals surface area contributed by atoms with Crippen LogP contribution in [0.1, 0.15) is 12.2 Å². The zero-order valence-corrected chi connectivity index (χ0v) is 16.8. The van der Waals surface area contributed by atoms with Crippen LogP contribution in [0.2, 0.25) is 5.02 Å². The number of hydrazone groups is 1. The zero-order valence-electron chi connectivity index (χ0n) is 16.1. The molecule has 0 N–H and O–H groups in total. The molecule has 3 fully saturated rings. The average molecular weight is 438 g/mol. The highest BCUT2D eigenvalue weighted by molar-refractivity contribution is 6.33. The first-order valence-electron chi connectivity index (χ1n) is 10.1. The van der Waals surface area contributed by atoms with Crippen LogP contribution in [0, 0.1) is 45.6 Å². The molecular formula is C22H16ClN3O5. The maximum Gasteiger partial charge on any atom is 0.270 e. The SMILES string of the molecule is O=C1[C@H]2[C@@H]3C=C[C@H]([C@@H]4C[C@H]34)[C@@H]2C(=O)N1/N=C\c1ccc(-c2cc([N+](=O)[O-])ccc2Cl)o1. The van der Waals surface area contributed by atoms with Gasteiger partial charge in [-0.25, -0.2) is 0 Å². The molecule has 1 aromatic carbocycles. The first-order chi connectivity index (χ1) is 14.9. The number of nitrogens with zero attached hydrogens (tertiary/aromatic N) is 3. The van der Waals surface area contributed by atoms with E-state index in [0.29, 0.717) is 33.9 Å². The number of nitro groups is 1. The molecule has 2 bridgehead atoms. The molecule has 0 unspecified atom stereocenters. The Hall–Kier alpha value is -3.26. The molecular weight excluding hydrogens is 422 g/mol. The van der Waals surface area contributed by atoms with Gasteiger partial charge in [-0.3, -0.25) is 19.7 Å². The Bertz CT molecular complexity index is 1180. The van der Waals surface area contributed by atoms with Crippen LogP contribution in [0.5, 0.6) is 0 Å². The molecule has 2 aromatic rings. The summed E-state index contributed by atoms with van der Waals surface area (Å²) in [6, 6.07) is 7.28. The molecule has 1 aliphatic heterocycles. The number of hydrogen-bond acceptors (Lipinski definition) is 6. The Morgan fingerprint density at radius 1 is 1.10 bits per heavy atom.